The number of carbonyl (C=O) groups excluding carboxylic acids is 2. The van der Waals surface area contributed by atoms with Crippen LogP contribution in [0.25, 0.3) is 0 Å². The van der Waals surface area contributed by atoms with Crippen LogP contribution in [0.4, 0.5) is 0 Å². The number of ether oxygens (including phenoxy) is 2. The van der Waals surface area contributed by atoms with Crippen LogP contribution >= 0.6 is 0 Å². The Balaban J connectivity index is 1.91. The first-order chi connectivity index (χ1) is 16.9. The van der Waals surface area contributed by atoms with E-state index in [1.165, 1.54) is 0 Å². The van der Waals surface area contributed by atoms with E-state index in [2.05, 4.69) is 11.4 Å². The molecule has 0 radical (unpaired) electrons. The molecule has 0 aliphatic heterocycles. The normalized spacial score (nSPS) is 11.4. The summed E-state index contributed by atoms with van der Waals surface area (Å²) in [5, 5.41) is 2.90. The molecule has 1 N–H and O–H groups in total. The van der Waals surface area contributed by atoms with Crippen LogP contribution < -0.4 is 14.8 Å². The number of hydrogen-bond donors (Lipinski definition) is 1. The summed E-state index contributed by atoms with van der Waals surface area (Å²) in [6.45, 7) is 6.40. The Morgan fingerprint density at radius 2 is 1.57 bits per heavy atom. The number of benzene rings is 3. The summed E-state index contributed by atoms with van der Waals surface area (Å²) in [7, 11) is 1.60. The summed E-state index contributed by atoms with van der Waals surface area (Å²) in [5.41, 5.74) is 3.96. The monoisotopic (exact) mass is 474 g/mol. The van der Waals surface area contributed by atoms with Gasteiger partial charge in [0.05, 0.1) is 7.11 Å². The predicted molar refractivity (Wildman–Crippen MR) is 138 cm³/mol. The summed E-state index contributed by atoms with van der Waals surface area (Å²) < 4.78 is 11.2. The van der Waals surface area contributed by atoms with Crippen molar-refractivity contribution in [1.29, 1.82) is 0 Å². The third kappa shape index (κ3) is 7.60. The van der Waals surface area contributed by atoms with Gasteiger partial charge in [0.1, 0.15) is 17.5 Å². The quantitative estimate of drug-likeness (QED) is 0.445. The molecule has 0 aliphatic rings. The summed E-state index contributed by atoms with van der Waals surface area (Å²) in [6, 6.07) is 22.4. The Morgan fingerprint density at radius 3 is 2.23 bits per heavy atom. The fourth-order valence-electron chi connectivity index (χ4n) is 4.06. The molecule has 0 spiro atoms. The van der Waals surface area contributed by atoms with E-state index in [1.807, 2.05) is 87.5 Å². The molecule has 0 saturated heterocycles. The molecule has 0 heterocycles. The smallest absolute Gasteiger partial charge is 0.261 e. The van der Waals surface area contributed by atoms with Crippen LogP contribution in [-0.2, 0) is 22.6 Å². The molecular formula is C29H34N2O4. The number of amides is 2. The lowest BCUT2D eigenvalue weighted by Gasteiger charge is -2.31. The number of likely N-dealkylation sites (N-methyl/N-ethyl adjacent to an activating group) is 1. The number of aryl methyl sites for hydroxylation is 2. The molecule has 3 aromatic rings. The highest BCUT2D eigenvalue weighted by atomic mass is 16.5. The van der Waals surface area contributed by atoms with Crippen LogP contribution in [0.5, 0.6) is 11.5 Å². The summed E-state index contributed by atoms with van der Waals surface area (Å²) in [4.78, 5) is 28.4. The second-order valence-corrected chi connectivity index (χ2v) is 8.59. The van der Waals surface area contributed by atoms with Crippen LogP contribution in [0.2, 0.25) is 0 Å². The fourth-order valence-corrected chi connectivity index (χ4v) is 4.06. The van der Waals surface area contributed by atoms with Gasteiger partial charge >= 0.3 is 0 Å². The third-order valence-electron chi connectivity index (χ3n) is 5.67. The average Bonchev–Trinajstić information content (AvgIpc) is 2.85. The highest BCUT2D eigenvalue weighted by Gasteiger charge is 2.30. The maximum Gasteiger partial charge on any atom is 0.261 e. The molecule has 0 aromatic heterocycles. The van der Waals surface area contributed by atoms with Gasteiger partial charge in [-0.1, -0.05) is 48.5 Å². The van der Waals surface area contributed by atoms with Crippen LogP contribution in [0.3, 0.4) is 0 Å². The molecule has 184 valence electrons. The van der Waals surface area contributed by atoms with Crippen molar-refractivity contribution in [2.45, 2.75) is 39.8 Å². The maximum atomic E-state index is 13.6. The lowest BCUT2D eigenvalue weighted by atomic mass is 10.0. The van der Waals surface area contributed by atoms with E-state index in [4.69, 9.17) is 9.47 Å². The standard InChI is InChI=1S/C29H34N2O4/c1-5-30-29(33)27(18-23-10-7-6-8-11-23)31(19-24-12-9-13-25(17-24)34-4)28(32)20-35-26-15-21(2)14-22(3)16-26/h6-17,27H,5,18-20H2,1-4H3,(H,30,33)/t27-/m0/s1. The Kier molecular flexibility index (Phi) is 9.30. The predicted octanol–water partition coefficient (Wildman–Crippen LogP) is 4.47. The Hall–Kier alpha value is -3.80. The van der Waals surface area contributed by atoms with Crippen LogP contribution in [-0.4, -0.2) is 43.0 Å². The van der Waals surface area contributed by atoms with E-state index in [0.29, 0.717) is 24.5 Å². The minimum Gasteiger partial charge on any atom is -0.497 e. The summed E-state index contributed by atoms with van der Waals surface area (Å²) >= 11 is 0. The number of nitrogens with zero attached hydrogens (tertiary/aromatic N) is 1. The zero-order valence-electron chi connectivity index (χ0n) is 20.9. The van der Waals surface area contributed by atoms with Crippen molar-refractivity contribution in [3.8, 4) is 11.5 Å². The highest BCUT2D eigenvalue weighted by molar-refractivity contribution is 5.88. The first-order valence-electron chi connectivity index (χ1n) is 11.8. The number of rotatable bonds is 11. The van der Waals surface area contributed by atoms with Gasteiger partial charge in [0.25, 0.3) is 5.91 Å². The van der Waals surface area contributed by atoms with Gasteiger partial charge in [0.2, 0.25) is 5.91 Å². The van der Waals surface area contributed by atoms with Crippen molar-refractivity contribution >= 4 is 11.8 Å². The van der Waals surface area contributed by atoms with Gasteiger partial charge in [0.15, 0.2) is 6.61 Å². The molecule has 3 aromatic carbocycles. The molecule has 1 atom stereocenters. The van der Waals surface area contributed by atoms with Crippen LogP contribution in [0.15, 0.2) is 72.8 Å². The zero-order chi connectivity index (χ0) is 25.2. The number of carbonyl (C=O) groups is 2. The number of methoxy groups -OCH3 is 1. The van der Waals surface area contributed by atoms with Crippen molar-refractivity contribution in [2.75, 3.05) is 20.3 Å². The SMILES string of the molecule is CCNC(=O)[C@H](Cc1ccccc1)N(Cc1cccc(OC)c1)C(=O)COc1cc(C)cc(C)c1. The van der Waals surface area contributed by atoms with Gasteiger partial charge < -0.3 is 19.7 Å². The maximum absolute atomic E-state index is 13.6. The number of hydrogen-bond acceptors (Lipinski definition) is 4. The minimum absolute atomic E-state index is 0.169. The van der Waals surface area contributed by atoms with Gasteiger partial charge in [-0.15, -0.1) is 0 Å². The average molecular weight is 475 g/mol. The minimum atomic E-state index is -0.695. The molecule has 0 fully saturated rings. The van der Waals surface area contributed by atoms with Crippen molar-refractivity contribution < 1.29 is 19.1 Å². The first kappa shape index (κ1) is 25.8. The lowest BCUT2D eigenvalue weighted by Crippen LogP contribution is -2.51. The molecule has 0 saturated carbocycles. The van der Waals surface area contributed by atoms with Gasteiger partial charge in [-0.05, 0) is 67.3 Å². The molecule has 0 bridgehead atoms. The third-order valence-corrected chi connectivity index (χ3v) is 5.67. The molecular weight excluding hydrogens is 440 g/mol. The molecule has 3 rings (SSSR count). The van der Waals surface area contributed by atoms with E-state index in [9.17, 15) is 9.59 Å². The number of nitrogens with one attached hydrogen (secondary N) is 1. The van der Waals surface area contributed by atoms with E-state index < -0.39 is 6.04 Å². The van der Waals surface area contributed by atoms with E-state index >= 15 is 0 Å². The van der Waals surface area contributed by atoms with Crippen molar-refractivity contribution in [1.82, 2.24) is 10.2 Å². The van der Waals surface area contributed by atoms with Crippen molar-refractivity contribution in [3.05, 3.63) is 95.1 Å². The van der Waals surface area contributed by atoms with Crippen molar-refractivity contribution in [2.24, 2.45) is 0 Å². The van der Waals surface area contributed by atoms with E-state index in [0.717, 1.165) is 22.3 Å². The topological polar surface area (TPSA) is 67.9 Å². The molecule has 6 heteroatoms. The summed E-state index contributed by atoms with van der Waals surface area (Å²) in [6.07, 6.45) is 0.395. The van der Waals surface area contributed by atoms with E-state index in [-0.39, 0.29) is 25.0 Å². The van der Waals surface area contributed by atoms with Crippen LogP contribution in [0.1, 0.15) is 29.2 Å². The highest BCUT2D eigenvalue weighted by Crippen LogP contribution is 2.20. The van der Waals surface area contributed by atoms with Gasteiger partial charge in [-0.2, -0.15) is 0 Å². The Morgan fingerprint density at radius 1 is 0.886 bits per heavy atom. The summed E-state index contributed by atoms with van der Waals surface area (Å²) in [5.74, 6) is 0.868. The Labute approximate surface area is 207 Å². The van der Waals surface area contributed by atoms with E-state index in [1.54, 1.807) is 12.0 Å². The van der Waals surface area contributed by atoms with Gasteiger partial charge in [0, 0.05) is 19.5 Å². The Bertz CT molecular complexity index is 1110. The van der Waals surface area contributed by atoms with Gasteiger partial charge in [-0.3, -0.25) is 9.59 Å². The molecule has 0 aliphatic carbocycles. The second kappa shape index (κ2) is 12.6. The fraction of sp³-hybridized carbons (Fsp3) is 0.310. The second-order valence-electron chi connectivity index (χ2n) is 8.59. The van der Waals surface area contributed by atoms with Crippen LogP contribution in [0, 0.1) is 13.8 Å². The first-order valence-corrected chi connectivity index (χ1v) is 11.8. The lowest BCUT2D eigenvalue weighted by molar-refractivity contribution is -0.142. The zero-order valence-corrected chi connectivity index (χ0v) is 20.9. The molecule has 6 nitrogen and oxygen atoms in total. The largest absolute Gasteiger partial charge is 0.497 e. The molecule has 35 heavy (non-hydrogen) atoms. The van der Waals surface area contributed by atoms with Gasteiger partial charge in [-0.25, -0.2) is 0 Å². The molecule has 0 unspecified atom stereocenters. The molecule has 2 amide bonds. The van der Waals surface area contributed by atoms with Crippen molar-refractivity contribution in [3.63, 3.8) is 0 Å².